The molecule has 0 unspecified atom stereocenters. The topological polar surface area (TPSA) is 54.4 Å². The van der Waals surface area contributed by atoms with E-state index in [1.807, 2.05) is 0 Å². The molecule has 1 N–H and O–H groups in total. The molecule has 0 aliphatic carbocycles. The fourth-order valence-electron chi connectivity index (χ4n) is 0.727. The van der Waals surface area contributed by atoms with Gasteiger partial charge in [-0.1, -0.05) is 0 Å². The maximum absolute atomic E-state index is 12.5. The lowest BCUT2D eigenvalue weighted by Gasteiger charge is -2.32. The summed E-state index contributed by atoms with van der Waals surface area (Å²) in [6, 6.07) is 0. The highest BCUT2D eigenvalue weighted by Crippen LogP contribution is 2.53. The zero-order valence-electron chi connectivity index (χ0n) is 7.78. The van der Waals surface area contributed by atoms with Crippen LogP contribution in [0.25, 0.3) is 0 Å². The molecule has 0 saturated heterocycles. The maximum atomic E-state index is 12.5. The molecule has 0 bridgehead atoms. The second-order valence-corrected chi connectivity index (χ2v) is 4.53. The first-order valence-corrected chi connectivity index (χ1v) is 5.22. The van der Waals surface area contributed by atoms with E-state index in [4.69, 9.17) is 4.55 Å². The minimum absolute atomic E-state index is 3.28. The number of hydrogen-bond acceptors (Lipinski definition) is 2. The molecule has 18 heavy (non-hydrogen) atoms. The van der Waals surface area contributed by atoms with Crippen LogP contribution >= 0.6 is 0 Å². The average molecular weight is 314 g/mol. The number of halogens is 9. The van der Waals surface area contributed by atoms with Crippen molar-refractivity contribution in [3.05, 3.63) is 0 Å². The van der Waals surface area contributed by atoms with Crippen LogP contribution in [0.4, 0.5) is 39.5 Å². The lowest BCUT2D eigenvalue weighted by Crippen LogP contribution is -2.62. The Bertz CT molecular complexity index is 408. The van der Waals surface area contributed by atoms with Gasteiger partial charge < -0.3 is 0 Å². The van der Waals surface area contributed by atoms with Gasteiger partial charge in [0.15, 0.2) is 0 Å². The molecule has 0 aromatic heterocycles. The lowest BCUT2D eigenvalue weighted by molar-refractivity contribution is -0.392. The fraction of sp³-hybridized carbons (Fsp3) is 1.00. The van der Waals surface area contributed by atoms with Crippen molar-refractivity contribution in [2.24, 2.45) is 0 Å². The van der Waals surface area contributed by atoms with Gasteiger partial charge in [-0.3, -0.25) is 4.55 Å². The van der Waals surface area contributed by atoms with Gasteiger partial charge in [-0.15, -0.1) is 0 Å². The molecule has 0 radical (unpaired) electrons. The van der Waals surface area contributed by atoms with Gasteiger partial charge >= 0.3 is 23.9 Å². The van der Waals surface area contributed by atoms with Gasteiger partial charge in [0.1, 0.15) is 5.75 Å². The van der Waals surface area contributed by atoms with Crippen molar-refractivity contribution in [1.82, 2.24) is 0 Å². The molecule has 0 spiro atoms. The zero-order chi connectivity index (χ0) is 15.2. The second kappa shape index (κ2) is 4.15. The summed E-state index contributed by atoms with van der Waals surface area (Å²) in [5, 5.41) is 0. The van der Waals surface area contributed by atoms with Crippen molar-refractivity contribution in [1.29, 1.82) is 0 Å². The van der Waals surface area contributed by atoms with E-state index in [-0.39, 0.29) is 0 Å². The minimum Gasteiger partial charge on any atom is -0.285 e. The first-order valence-electron chi connectivity index (χ1n) is 3.61. The third-order valence-corrected chi connectivity index (χ3v) is 2.30. The van der Waals surface area contributed by atoms with Crippen LogP contribution in [0.3, 0.4) is 0 Å². The summed E-state index contributed by atoms with van der Waals surface area (Å²) in [5.74, 6) is -23.8. The van der Waals surface area contributed by atoms with E-state index in [1.165, 1.54) is 0 Å². The highest BCUT2D eigenvalue weighted by molar-refractivity contribution is 7.85. The molecule has 0 aromatic rings. The van der Waals surface area contributed by atoms with E-state index < -0.39 is 39.8 Å². The normalized spacial score (nSPS) is 15.9. The van der Waals surface area contributed by atoms with Crippen molar-refractivity contribution in [2.75, 3.05) is 5.75 Å². The Morgan fingerprint density at radius 1 is 0.778 bits per heavy atom. The van der Waals surface area contributed by atoms with Gasteiger partial charge in [-0.2, -0.15) is 47.9 Å². The predicted octanol–water partition coefficient (Wildman–Crippen LogP) is 2.34. The Labute approximate surface area is 93.3 Å². The molecule has 110 valence electrons. The van der Waals surface area contributed by atoms with Crippen LogP contribution < -0.4 is 0 Å². The Kier molecular flexibility index (Phi) is 3.98. The predicted molar refractivity (Wildman–Crippen MR) is 37.3 cm³/mol. The van der Waals surface area contributed by atoms with Crippen LogP contribution in [0.15, 0.2) is 0 Å². The summed E-state index contributed by atoms with van der Waals surface area (Å²) in [4.78, 5) is 0. The van der Waals surface area contributed by atoms with E-state index in [0.717, 1.165) is 0 Å². The van der Waals surface area contributed by atoms with Gasteiger partial charge in [-0.25, -0.2) is 0 Å². The first-order chi connectivity index (χ1) is 7.46. The van der Waals surface area contributed by atoms with Crippen molar-refractivity contribution < 1.29 is 52.5 Å². The highest BCUT2D eigenvalue weighted by Gasteiger charge is 2.82. The molecular formula is C5H3F9O3S. The van der Waals surface area contributed by atoms with E-state index in [1.54, 1.807) is 0 Å². The van der Waals surface area contributed by atoms with Gasteiger partial charge in [0.05, 0.1) is 0 Å². The van der Waals surface area contributed by atoms with Gasteiger partial charge in [0, 0.05) is 0 Å². The molecule has 0 aliphatic rings. The van der Waals surface area contributed by atoms with Crippen LogP contribution in [-0.2, 0) is 10.1 Å². The van der Waals surface area contributed by atoms with Crippen molar-refractivity contribution in [3.63, 3.8) is 0 Å². The summed E-state index contributed by atoms with van der Waals surface area (Å²) in [6.45, 7) is 0. The Morgan fingerprint density at radius 2 is 1.11 bits per heavy atom. The Hall–Kier alpha value is -0.720. The van der Waals surface area contributed by atoms with Gasteiger partial charge in [-0.05, 0) is 0 Å². The molecule has 0 amide bonds. The van der Waals surface area contributed by atoms with Gasteiger partial charge in [0.25, 0.3) is 10.1 Å². The largest absolute Gasteiger partial charge is 0.460 e. The Balaban J connectivity index is 5.64. The summed E-state index contributed by atoms with van der Waals surface area (Å²) in [7, 11) is -5.90. The molecule has 0 heterocycles. The third-order valence-electron chi connectivity index (χ3n) is 1.57. The zero-order valence-corrected chi connectivity index (χ0v) is 8.60. The third kappa shape index (κ3) is 2.99. The molecule has 0 aliphatic heterocycles. The van der Waals surface area contributed by atoms with Gasteiger partial charge in [0.2, 0.25) is 0 Å². The molecule has 0 atom stereocenters. The summed E-state index contributed by atoms with van der Waals surface area (Å²) in [5.41, 5.74) is 0. The second-order valence-electron chi connectivity index (χ2n) is 3.08. The standard InChI is InChI=1S/C5H3F9O3S/c6-2(7,1-18(15,16)17)3(8,9)4(10,11)5(12,13)14/h1H2,(H,15,16,17). The van der Waals surface area contributed by atoms with Crippen molar-refractivity contribution >= 4 is 10.1 Å². The minimum atomic E-state index is -7.17. The summed E-state index contributed by atoms with van der Waals surface area (Å²) < 4.78 is 136. The maximum Gasteiger partial charge on any atom is 0.460 e. The van der Waals surface area contributed by atoms with Crippen molar-refractivity contribution in [2.45, 2.75) is 23.9 Å². The highest BCUT2D eigenvalue weighted by atomic mass is 32.2. The monoisotopic (exact) mass is 314 g/mol. The molecule has 0 aromatic carbocycles. The van der Waals surface area contributed by atoms with E-state index in [2.05, 4.69) is 0 Å². The average Bonchev–Trinajstić information content (AvgIpc) is 1.95. The molecule has 0 saturated carbocycles. The van der Waals surface area contributed by atoms with E-state index >= 15 is 0 Å². The molecule has 13 heteroatoms. The molecule has 3 nitrogen and oxygen atoms in total. The van der Waals surface area contributed by atoms with Crippen LogP contribution in [0.2, 0.25) is 0 Å². The number of alkyl halides is 9. The van der Waals surface area contributed by atoms with Crippen LogP contribution in [-0.4, -0.2) is 42.7 Å². The first kappa shape index (κ1) is 17.3. The fourth-order valence-corrected chi connectivity index (χ4v) is 1.37. The molecule has 0 fully saturated rings. The molecular weight excluding hydrogens is 311 g/mol. The number of rotatable bonds is 4. The van der Waals surface area contributed by atoms with Crippen LogP contribution in [0.5, 0.6) is 0 Å². The summed E-state index contributed by atoms with van der Waals surface area (Å²) >= 11 is 0. The Morgan fingerprint density at radius 3 is 1.33 bits per heavy atom. The summed E-state index contributed by atoms with van der Waals surface area (Å²) in [6.07, 6.45) is -7.03. The molecule has 0 rings (SSSR count). The van der Waals surface area contributed by atoms with Crippen LogP contribution in [0, 0.1) is 0 Å². The smallest absolute Gasteiger partial charge is 0.285 e. The van der Waals surface area contributed by atoms with E-state index in [0.29, 0.717) is 0 Å². The van der Waals surface area contributed by atoms with Crippen LogP contribution in [0.1, 0.15) is 0 Å². The SMILES string of the molecule is O=S(=O)(O)CC(F)(F)C(F)(F)C(F)(F)C(F)(F)F. The quantitative estimate of drug-likeness (QED) is 0.640. The van der Waals surface area contributed by atoms with Crippen molar-refractivity contribution in [3.8, 4) is 0 Å². The number of hydrogen-bond donors (Lipinski definition) is 1. The lowest BCUT2D eigenvalue weighted by atomic mass is 10.1. The van der Waals surface area contributed by atoms with E-state index in [9.17, 15) is 47.9 Å².